The molecule has 0 fully saturated rings. The first-order valence-corrected chi connectivity index (χ1v) is 9.59. The zero-order chi connectivity index (χ0) is 19.1. The molecule has 5 aromatic rings. The van der Waals surface area contributed by atoms with Crippen molar-refractivity contribution in [1.82, 2.24) is 4.57 Å². The van der Waals surface area contributed by atoms with E-state index in [9.17, 15) is 5.02 Å². The summed E-state index contributed by atoms with van der Waals surface area (Å²) in [5.74, 6) is 0. The van der Waals surface area contributed by atoms with Crippen molar-refractivity contribution in [3.05, 3.63) is 97.1 Å². The highest BCUT2D eigenvalue weighted by atomic mass is 16.2. The largest absolute Gasteiger partial charge is 0.447 e. The van der Waals surface area contributed by atoms with Crippen LogP contribution in [0.2, 0.25) is 6.82 Å². The summed E-state index contributed by atoms with van der Waals surface area (Å²) >= 11 is 0. The van der Waals surface area contributed by atoms with E-state index in [1.807, 2.05) is 18.2 Å². The Labute approximate surface area is 164 Å². The van der Waals surface area contributed by atoms with Crippen molar-refractivity contribution < 1.29 is 5.02 Å². The number of benzene rings is 4. The van der Waals surface area contributed by atoms with Crippen LogP contribution in [0.3, 0.4) is 0 Å². The first-order valence-electron chi connectivity index (χ1n) is 9.59. The molecule has 0 radical (unpaired) electrons. The Hall–Kier alpha value is -3.30. The molecule has 0 spiro atoms. The van der Waals surface area contributed by atoms with Crippen molar-refractivity contribution in [2.75, 3.05) is 0 Å². The highest BCUT2D eigenvalue weighted by molar-refractivity contribution is 6.64. The van der Waals surface area contributed by atoms with E-state index in [0.29, 0.717) is 0 Å². The monoisotopic (exact) mass is 361 g/mol. The van der Waals surface area contributed by atoms with Gasteiger partial charge >= 0.3 is 6.92 Å². The smallest absolute Gasteiger partial charge is 0.320 e. The number of rotatable bonds is 3. The SMILES string of the molecule is CB(O)c1cccc(-c2ccc3c(c2)c2ccccc2n3-c2ccccc2)c1. The lowest BCUT2D eigenvalue weighted by molar-refractivity contribution is 0.594. The van der Waals surface area contributed by atoms with Crippen LogP contribution in [0.1, 0.15) is 0 Å². The third-order valence-corrected chi connectivity index (χ3v) is 5.39. The van der Waals surface area contributed by atoms with Gasteiger partial charge in [-0.15, -0.1) is 0 Å². The van der Waals surface area contributed by atoms with E-state index >= 15 is 0 Å². The first kappa shape index (κ1) is 16.8. The Morgan fingerprint density at radius 1 is 0.643 bits per heavy atom. The van der Waals surface area contributed by atoms with Crippen molar-refractivity contribution in [2.24, 2.45) is 0 Å². The van der Waals surface area contributed by atoms with Crippen LogP contribution in [0.4, 0.5) is 0 Å². The van der Waals surface area contributed by atoms with E-state index < -0.39 is 6.92 Å². The van der Waals surface area contributed by atoms with Crippen molar-refractivity contribution in [1.29, 1.82) is 0 Å². The molecule has 0 saturated heterocycles. The average Bonchev–Trinajstić information content (AvgIpc) is 3.08. The number of para-hydroxylation sites is 2. The molecule has 0 aliphatic carbocycles. The van der Waals surface area contributed by atoms with Gasteiger partial charge in [-0.25, -0.2) is 0 Å². The lowest BCUT2D eigenvalue weighted by atomic mass is 9.64. The van der Waals surface area contributed by atoms with Crippen molar-refractivity contribution in [2.45, 2.75) is 6.82 Å². The van der Waals surface area contributed by atoms with Gasteiger partial charge in [-0.1, -0.05) is 73.6 Å². The normalized spacial score (nSPS) is 11.2. The maximum Gasteiger partial charge on any atom is 0.320 e. The fourth-order valence-electron chi connectivity index (χ4n) is 3.99. The van der Waals surface area contributed by atoms with Gasteiger partial charge in [-0.05, 0) is 46.9 Å². The summed E-state index contributed by atoms with van der Waals surface area (Å²) in [6.45, 7) is 1.33. The third-order valence-electron chi connectivity index (χ3n) is 5.39. The summed E-state index contributed by atoms with van der Waals surface area (Å²) in [7, 11) is 0. The molecule has 0 atom stereocenters. The molecule has 1 aromatic heterocycles. The Kier molecular flexibility index (Phi) is 4.03. The quantitative estimate of drug-likeness (QED) is 0.435. The van der Waals surface area contributed by atoms with Gasteiger partial charge in [-0.3, -0.25) is 0 Å². The Bertz CT molecular complexity index is 1290. The topological polar surface area (TPSA) is 25.2 Å². The molecule has 5 rings (SSSR count). The summed E-state index contributed by atoms with van der Waals surface area (Å²) in [5.41, 5.74) is 6.78. The van der Waals surface area contributed by atoms with E-state index in [0.717, 1.165) is 22.3 Å². The van der Waals surface area contributed by atoms with Crippen LogP contribution in [0.25, 0.3) is 38.6 Å². The molecule has 0 aliphatic heterocycles. The minimum atomic E-state index is -0.469. The molecule has 0 bridgehead atoms. The molecule has 0 aliphatic rings. The fourth-order valence-corrected chi connectivity index (χ4v) is 3.99. The van der Waals surface area contributed by atoms with Crippen molar-refractivity contribution in [3.63, 3.8) is 0 Å². The molecule has 1 heterocycles. The summed E-state index contributed by atoms with van der Waals surface area (Å²) in [6.07, 6.45) is 0. The van der Waals surface area contributed by atoms with Crippen molar-refractivity contribution in [3.8, 4) is 16.8 Å². The van der Waals surface area contributed by atoms with Crippen LogP contribution < -0.4 is 5.46 Å². The molecule has 1 N–H and O–H groups in total. The van der Waals surface area contributed by atoms with Gasteiger partial charge in [0.2, 0.25) is 0 Å². The molecule has 2 nitrogen and oxygen atoms in total. The van der Waals surface area contributed by atoms with Gasteiger partial charge < -0.3 is 9.59 Å². The van der Waals surface area contributed by atoms with Crippen LogP contribution in [-0.4, -0.2) is 16.5 Å². The predicted octanol–water partition coefficient (Wildman–Crippen LogP) is 5.27. The van der Waals surface area contributed by atoms with E-state index in [2.05, 4.69) is 83.4 Å². The molecule has 3 heteroatoms. The summed E-state index contributed by atoms with van der Waals surface area (Å²) < 4.78 is 2.32. The maximum absolute atomic E-state index is 9.93. The highest BCUT2D eigenvalue weighted by Gasteiger charge is 2.13. The van der Waals surface area contributed by atoms with Gasteiger partial charge in [0.15, 0.2) is 0 Å². The van der Waals surface area contributed by atoms with Crippen LogP contribution in [0.5, 0.6) is 0 Å². The number of hydrogen-bond acceptors (Lipinski definition) is 1. The molecule has 28 heavy (non-hydrogen) atoms. The lowest BCUT2D eigenvalue weighted by Crippen LogP contribution is -2.25. The van der Waals surface area contributed by atoms with Crippen LogP contribution >= 0.6 is 0 Å². The summed E-state index contributed by atoms with van der Waals surface area (Å²) in [4.78, 5) is 0. The molecule has 0 unspecified atom stereocenters. The molecule has 0 saturated carbocycles. The standard InChI is InChI=1S/C25H20BNO/c1-26(28)20-9-7-8-18(16-20)19-14-15-25-23(17-19)22-12-5-6-13-24(22)27(25)21-10-3-2-4-11-21/h2-17,28H,1H3. The molecular weight excluding hydrogens is 341 g/mol. The maximum atomic E-state index is 9.93. The second-order valence-corrected chi connectivity index (χ2v) is 7.22. The van der Waals surface area contributed by atoms with Crippen LogP contribution in [0, 0.1) is 0 Å². The van der Waals surface area contributed by atoms with Gasteiger partial charge in [0.1, 0.15) is 0 Å². The molecular formula is C25H20BNO. The number of fused-ring (bicyclic) bond motifs is 3. The van der Waals surface area contributed by atoms with E-state index in [4.69, 9.17) is 0 Å². The van der Waals surface area contributed by atoms with Crippen LogP contribution in [0.15, 0.2) is 97.1 Å². The third kappa shape index (κ3) is 2.72. The predicted molar refractivity (Wildman–Crippen MR) is 120 cm³/mol. The van der Waals surface area contributed by atoms with Gasteiger partial charge in [0.25, 0.3) is 0 Å². The minimum absolute atomic E-state index is 0.469. The van der Waals surface area contributed by atoms with E-state index in [-0.39, 0.29) is 0 Å². The molecule has 0 amide bonds. The second-order valence-electron chi connectivity index (χ2n) is 7.22. The zero-order valence-corrected chi connectivity index (χ0v) is 15.7. The Morgan fingerprint density at radius 3 is 2.18 bits per heavy atom. The molecule has 4 aromatic carbocycles. The fraction of sp³-hybridized carbons (Fsp3) is 0.0400. The second kappa shape index (κ2) is 6.70. The van der Waals surface area contributed by atoms with Gasteiger partial charge in [0.05, 0.1) is 11.0 Å². The summed E-state index contributed by atoms with van der Waals surface area (Å²) in [5, 5.41) is 12.4. The number of nitrogens with zero attached hydrogens (tertiary/aromatic N) is 1. The van der Waals surface area contributed by atoms with Crippen LogP contribution in [-0.2, 0) is 0 Å². The number of aromatic nitrogens is 1. The molecule has 134 valence electrons. The number of hydrogen-bond donors (Lipinski definition) is 1. The van der Waals surface area contributed by atoms with Crippen molar-refractivity contribution >= 4 is 34.2 Å². The Morgan fingerprint density at radius 2 is 1.36 bits per heavy atom. The average molecular weight is 361 g/mol. The zero-order valence-electron chi connectivity index (χ0n) is 15.7. The lowest BCUT2D eigenvalue weighted by Gasteiger charge is -2.09. The minimum Gasteiger partial charge on any atom is -0.447 e. The Balaban J connectivity index is 1.78. The van der Waals surface area contributed by atoms with E-state index in [1.165, 1.54) is 21.8 Å². The van der Waals surface area contributed by atoms with E-state index in [1.54, 1.807) is 6.82 Å². The first-order chi connectivity index (χ1) is 13.7. The summed E-state index contributed by atoms with van der Waals surface area (Å²) in [6, 6.07) is 33.8. The van der Waals surface area contributed by atoms with Gasteiger partial charge in [0, 0.05) is 16.5 Å². The highest BCUT2D eigenvalue weighted by Crippen LogP contribution is 2.34. The van der Waals surface area contributed by atoms with Gasteiger partial charge in [-0.2, -0.15) is 0 Å².